The van der Waals surface area contributed by atoms with Crippen molar-refractivity contribution >= 4 is 49.8 Å². The summed E-state index contributed by atoms with van der Waals surface area (Å²) in [5.41, 5.74) is 1.15. The number of benzene rings is 1. The molecular weight excluding hydrogens is 320 g/mol. The third-order valence-corrected chi connectivity index (χ3v) is 5.13. The van der Waals surface area contributed by atoms with Crippen LogP contribution in [-0.4, -0.2) is 24.0 Å². The van der Waals surface area contributed by atoms with Crippen LogP contribution in [0.2, 0.25) is 0 Å². The van der Waals surface area contributed by atoms with Crippen molar-refractivity contribution in [2.75, 3.05) is 12.4 Å². The van der Waals surface area contributed by atoms with E-state index in [9.17, 15) is 9.59 Å². The zero-order chi connectivity index (χ0) is 15.7. The summed E-state index contributed by atoms with van der Waals surface area (Å²) in [6.07, 6.45) is 0. The molecule has 0 unspecified atom stereocenters. The summed E-state index contributed by atoms with van der Waals surface area (Å²) in [7, 11) is 1.32. The number of thiophene rings is 1. The molecule has 0 aliphatic heterocycles. The molecule has 3 aromatic rings. The zero-order valence-corrected chi connectivity index (χ0v) is 13.5. The van der Waals surface area contributed by atoms with Crippen molar-refractivity contribution in [3.63, 3.8) is 0 Å². The van der Waals surface area contributed by atoms with Gasteiger partial charge in [-0.15, -0.1) is 11.3 Å². The molecule has 5 nitrogen and oxygen atoms in total. The van der Waals surface area contributed by atoms with Gasteiger partial charge in [0.2, 0.25) is 0 Å². The number of aromatic nitrogens is 1. The molecule has 22 heavy (non-hydrogen) atoms. The molecule has 0 bridgehead atoms. The van der Waals surface area contributed by atoms with E-state index in [1.807, 2.05) is 29.6 Å². The number of methoxy groups -OCH3 is 1. The number of hydrogen-bond acceptors (Lipinski definition) is 6. The van der Waals surface area contributed by atoms with Crippen molar-refractivity contribution in [1.82, 2.24) is 4.98 Å². The summed E-state index contributed by atoms with van der Waals surface area (Å²) in [6.45, 7) is 1.71. The standard InChI is InChI=1S/C15H12N2O3S2/c1-8-12(14(19)20-2)22-15(16-8)17-13(18)10-7-21-11-6-4-3-5-9(10)11/h3-7H,1-2H3,(H,16,17,18). The minimum Gasteiger partial charge on any atom is -0.465 e. The number of carbonyl (C=O) groups is 2. The second-order valence-corrected chi connectivity index (χ2v) is 6.44. The van der Waals surface area contributed by atoms with Crippen molar-refractivity contribution < 1.29 is 14.3 Å². The van der Waals surface area contributed by atoms with Crippen molar-refractivity contribution in [1.29, 1.82) is 0 Å². The summed E-state index contributed by atoms with van der Waals surface area (Å²) in [5.74, 6) is -0.681. The Balaban J connectivity index is 1.87. The van der Waals surface area contributed by atoms with E-state index in [0.29, 0.717) is 21.3 Å². The molecule has 0 spiro atoms. The molecular formula is C15H12N2O3S2. The van der Waals surface area contributed by atoms with Crippen LogP contribution in [-0.2, 0) is 4.74 Å². The number of carbonyl (C=O) groups excluding carboxylic acids is 2. The van der Waals surface area contributed by atoms with E-state index in [1.165, 1.54) is 18.4 Å². The van der Waals surface area contributed by atoms with Crippen LogP contribution in [0.1, 0.15) is 25.7 Å². The predicted octanol–water partition coefficient (Wildman–Crippen LogP) is 3.71. The Bertz CT molecular complexity index is 867. The fourth-order valence-corrected chi connectivity index (χ4v) is 3.87. The molecule has 0 fully saturated rings. The first-order valence-corrected chi connectivity index (χ1v) is 8.13. The molecule has 0 atom stereocenters. The van der Waals surface area contributed by atoms with Gasteiger partial charge in [-0.2, -0.15) is 0 Å². The first-order chi connectivity index (χ1) is 10.6. The Morgan fingerprint density at radius 1 is 1.27 bits per heavy atom. The summed E-state index contributed by atoms with van der Waals surface area (Å²) in [5, 5.41) is 5.86. The van der Waals surface area contributed by atoms with Crippen LogP contribution in [0.4, 0.5) is 5.13 Å². The Hall–Kier alpha value is -2.25. The number of amides is 1. The van der Waals surface area contributed by atoms with E-state index >= 15 is 0 Å². The first kappa shape index (κ1) is 14.7. The second kappa shape index (κ2) is 5.86. The molecule has 0 aliphatic carbocycles. The SMILES string of the molecule is COC(=O)c1sc(NC(=O)c2csc3ccccc23)nc1C. The molecule has 3 rings (SSSR count). The molecule has 0 radical (unpaired) electrons. The Morgan fingerprint density at radius 3 is 2.82 bits per heavy atom. The van der Waals surface area contributed by atoms with Gasteiger partial charge in [-0.1, -0.05) is 29.5 Å². The van der Waals surface area contributed by atoms with Gasteiger partial charge in [0.15, 0.2) is 5.13 Å². The van der Waals surface area contributed by atoms with Gasteiger partial charge in [-0.05, 0) is 13.0 Å². The lowest BCUT2D eigenvalue weighted by Crippen LogP contribution is -2.10. The van der Waals surface area contributed by atoms with E-state index in [-0.39, 0.29) is 5.91 Å². The lowest BCUT2D eigenvalue weighted by atomic mass is 10.2. The van der Waals surface area contributed by atoms with Crippen molar-refractivity contribution in [2.45, 2.75) is 6.92 Å². The van der Waals surface area contributed by atoms with Gasteiger partial charge in [0.1, 0.15) is 4.88 Å². The molecule has 112 valence electrons. The fraction of sp³-hybridized carbons (Fsp3) is 0.133. The van der Waals surface area contributed by atoms with Crippen LogP contribution in [0.15, 0.2) is 29.6 Å². The van der Waals surface area contributed by atoms with E-state index in [0.717, 1.165) is 21.4 Å². The molecule has 1 aromatic carbocycles. The van der Waals surface area contributed by atoms with Gasteiger partial charge in [0.05, 0.1) is 18.4 Å². The average Bonchev–Trinajstić information content (AvgIpc) is 3.10. The van der Waals surface area contributed by atoms with E-state index in [4.69, 9.17) is 0 Å². The summed E-state index contributed by atoms with van der Waals surface area (Å²) < 4.78 is 5.74. The second-order valence-electron chi connectivity index (χ2n) is 4.52. The van der Waals surface area contributed by atoms with Crippen LogP contribution in [0, 0.1) is 6.92 Å². The minimum atomic E-state index is -0.448. The van der Waals surface area contributed by atoms with E-state index in [2.05, 4.69) is 15.0 Å². The van der Waals surface area contributed by atoms with Gasteiger partial charge in [-0.25, -0.2) is 9.78 Å². The number of fused-ring (bicyclic) bond motifs is 1. The lowest BCUT2D eigenvalue weighted by Gasteiger charge is -2.00. The Labute approximate surface area is 134 Å². The maximum absolute atomic E-state index is 12.4. The number of esters is 1. The van der Waals surface area contributed by atoms with Crippen LogP contribution in [0.25, 0.3) is 10.1 Å². The number of anilines is 1. The Kier molecular flexibility index (Phi) is 3.91. The number of nitrogens with one attached hydrogen (secondary N) is 1. The highest BCUT2D eigenvalue weighted by molar-refractivity contribution is 7.18. The predicted molar refractivity (Wildman–Crippen MR) is 88.0 cm³/mol. The van der Waals surface area contributed by atoms with Gasteiger partial charge in [0.25, 0.3) is 5.91 Å². The van der Waals surface area contributed by atoms with Gasteiger partial charge >= 0.3 is 5.97 Å². The molecule has 7 heteroatoms. The number of nitrogens with zero attached hydrogens (tertiary/aromatic N) is 1. The van der Waals surface area contributed by atoms with Gasteiger partial charge in [-0.3, -0.25) is 10.1 Å². The highest BCUT2D eigenvalue weighted by Crippen LogP contribution is 2.28. The number of thiazole rings is 1. The number of rotatable bonds is 3. The fourth-order valence-electron chi connectivity index (χ4n) is 2.05. The highest BCUT2D eigenvalue weighted by Gasteiger charge is 2.18. The van der Waals surface area contributed by atoms with E-state index < -0.39 is 5.97 Å². The molecule has 1 amide bonds. The van der Waals surface area contributed by atoms with E-state index in [1.54, 1.807) is 6.92 Å². The van der Waals surface area contributed by atoms with Crippen LogP contribution >= 0.6 is 22.7 Å². The smallest absolute Gasteiger partial charge is 0.350 e. The minimum absolute atomic E-state index is 0.234. The molecule has 1 N–H and O–H groups in total. The van der Waals surface area contributed by atoms with Crippen LogP contribution in [0.3, 0.4) is 0 Å². The maximum atomic E-state index is 12.4. The van der Waals surface area contributed by atoms with Crippen molar-refractivity contribution in [3.8, 4) is 0 Å². The number of ether oxygens (including phenoxy) is 1. The molecule has 0 saturated carbocycles. The van der Waals surface area contributed by atoms with Gasteiger partial charge < -0.3 is 4.74 Å². The van der Waals surface area contributed by atoms with Crippen LogP contribution in [0.5, 0.6) is 0 Å². The normalized spacial score (nSPS) is 10.6. The van der Waals surface area contributed by atoms with Crippen LogP contribution < -0.4 is 5.32 Å². The Morgan fingerprint density at radius 2 is 2.05 bits per heavy atom. The highest BCUT2D eigenvalue weighted by atomic mass is 32.1. The van der Waals surface area contributed by atoms with Crippen molar-refractivity contribution in [2.24, 2.45) is 0 Å². The number of aryl methyl sites for hydroxylation is 1. The largest absolute Gasteiger partial charge is 0.465 e. The summed E-state index contributed by atoms with van der Waals surface area (Å²) in [4.78, 5) is 28.6. The molecule has 0 saturated heterocycles. The third-order valence-electron chi connectivity index (χ3n) is 3.11. The quantitative estimate of drug-likeness (QED) is 0.743. The maximum Gasteiger partial charge on any atom is 0.350 e. The lowest BCUT2D eigenvalue weighted by molar-refractivity contribution is 0.0605. The summed E-state index contributed by atoms with van der Waals surface area (Å²) >= 11 is 2.63. The average molecular weight is 332 g/mol. The third kappa shape index (κ3) is 2.60. The zero-order valence-electron chi connectivity index (χ0n) is 11.9. The van der Waals surface area contributed by atoms with Crippen molar-refractivity contribution in [3.05, 3.63) is 45.8 Å². The summed E-state index contributed by atoms with van der Waals surface area (Å²) in [6, 6.07) is 7.72. The number of hydrogen-bond donors (Lipinski definition) is 1. The first-order valence-electron chi connectivity index (χ1n) is 6.43. The molecule has 2 heterocycles. The monoisotopic (exact) mass is 332 g/mol. The molecule has 2 aromatic heterocycles. The van der Waals surface area contributed by atoms with Gasteiger partial charge in [0, 0.05) is 15.5 Å². The topological polar surface area (TPSA) is 68.3 Å². The molecule has 0 aliphatic rings.